The van der Waals surface area contributed by atoms with Crippen LogP contribution < -0.4 is 10.6 Å². The number of anilines is 2. The van der Waals surface area contributed by atoms with Crippen LogP contribution in [0.2, 0.25) is 0 Å². The van der Waals surface area contributed by atoms with Gasteiger partial charge in [-0.15, -0.1) is 0 Å². The average molecular weight is 586 g/mol. The smallest absolute Gasteiger partial charge is 0.338 e. The highest BCUT2D eigenvalue weighted by atomic mass is 16.5. The van der Waals surface area contributed by atoms with Gasteiger partial charge in [0, 0.05) is 11.4 Å². The molecule has 1 aliphatic rings. The van der Waals surface area contributed by atoms with Gasteiger partial charge in [-0.2, -0.15) is 0 Å². The van der Waals surface area contributed by atoms with Gasteiger partial charge in [0.1, 0.15) is 6.04 Å². The molecule has 11 nitrogen and oxygen atoms in total. The lowest BCUT2D eigenvalue weighted by Crippen LogP contribution is -2.44. The molecule has 0 saturated heterocycles. The van der Waals surface area contributed by atoms with E-state index in [0.717, 1.165) is 22.3 Å². The summed E-state index contributed by atoms with van der Waals surface area (Å²) in [4.78, 5) is 76.8. The van der Waals surface area contributed by atoms with E-state index in [1.165, 1.54) is 25.1 Å². The topological polar surface area (TPSA) is 148 Å². The van der Waals surface area contributed by atoms with Crippen LogP contribution in [0.15, 0.2) is 54.6 Å². The van der Waals surface area contributed by atoms with Crippen LogP contribution in [0.5, 0.6) is 0 Å². The highest BCUT2D eigenvalue weighted by molar-refractivity contribution is 6.23. The molecule has 2 N–H and O–H groups in total. The van der Waals surface area contributed by atoms with Crippen molar-refractivity contribution in [3.8, 4) is 0 Å². The van der Waals surface area contributed by atoms with Gasteiger partial charge in [0.15, 0.2) is 13.2 Å². The number of rotatable bonds is 9. The van der Waals surface area contributed by atoms with Gasteiger partial charge in [-0.3, -0.25) is 24.1 Å². The summed E-state index contributed by atoms with van der Waals surface area (Å²) in [5.74, 6) is -4.53. The lowest BCUT2D eigenvalue weighted by molar-refractivity contribution is -0.150. The number of fused-ring (bicyclic) bond motifs is 1. The number of carbonyl (C=O) groups is 6. The number of nitrogens with zero attached hydrogens (tertiary/aromatic N) is 1. The van der Waals surface area contributed by atoms with Crippen molar-refractivity contribution in [1.82, 2.24) is 4.90 Å². The highest BCUT2D eigenvalue weighted by Gasteiger charge is 2.42. The predicted octanol–water partition coefficient (Wildman–Crippen LogP) is 3.88. The molecule has 43 heavy (non-hydrogen) atoms. The minimum atomic E-state index is -1.34. The lowest BCUT2D eigenvalue weighted by atomic mass is 10.1. The van der Waals surface area contributed by atoms with Crippen LogP contribution >= 0.6 is 0 Å². The molecule has 4 rings (SSSR count). The zero-order valence-corrected chi connectivity index (χ0v) is 24.4. The summed E-state index contributed by atoms with van der Waals surface area (Å²) in [6.45, 7) is 7.62. The van der Waals surface area contributed by atoms with Crippen molar-refractivity contribution in [2.45, 2.75) is 40.7 Å². The normalized spacial score (nSPS) is 12.8. The number of imide groups is 1. The van der Waals surface area contributed by atoms with E-state index in [9.17, 15) is 28.8 Å². The predicted molar refractivity (Wildman–Crippen MR) is 157 cm³/mol. The Morgan fingerprint density at radius 2 is 1.23 bits per heavy atom. The van der Waals surface area contributed by atoms with Crippen molar-refractivity contribution in [3.05, 3.63) is 93.5 Å². The van der Waals surface area contributed by atoms with Gasteiger partial charge in [-0.05, 0) is 87.2 Å². The average Bonchev–Trinajstić information content (AvgIpc) is 3.23. The second-order valence-corrected chi connectivity index (χ2v) is 10.2. The third-order valence-corrected chi connectivity index (χ3v) is 7.32. The number of hydrogen-bond acceptors (Lipinski definition) is 8. The third kappa shape index (κ3) is 6.61. The maximum atomic E-state index is 13.1. The molecule has 0 aliphatic carbocycles. The molecule has 0 saturated carbocycles. The Labute approximate surface area is 248 Å². The van der Waals surface area contributed by atoms with Crippen molar-refractivity contribution < 1.29 is 38.2 Å². The lowest BCUT2D eigenvalue weighted by Gasteiger charge is -2.20. The summed E-state index contributed by atoms with van der Waals surface area (Å²) in [6, 6.07) is 13.2. The van der Waals surface area contributed by atoms with E-state index in [1.54, 1.807) is 24.3 Å². The number of hydrogen-bond donors (Lipinski definition) is 2. The van der Waals surface area contributed by atoms with Gasteiger partial charge in [0.25, 0.3) is 23.6 Å². The number of amides is 4. The second-order valence-electron chi connectivity index (χ2n) is 10.2. The van der Waals surface area contributed by atoms with E-state index in [4.69, 9.17) is 9.47 Å². The molecule has 0 bridgehead atoms. The molecular formula is C32H31N3O8. The minimum Gasteiger partial charge on any atom is -0.454 e. The molecule has 1 aliphatic heterocycles. The molecule has 1 heterocycles. The molecule has 0 spiro atoms. The van der Waals surface area contributed by atoms with Crippen molar-refractivity contribution in [2.75, 3.05) is 23.8 Å². The number of esters is 2. The summed E-state index contributed by atoms with van der Waals surface area (Å²) in [5, 5.41) is 5.35. The van der Waals surface area contributed by atoms with Crippen molar-refractivity contribution >= 4 is 46.9 Å². The first-order chi connectivity index (χ1) is 20.4. The molecule has 0 radical (unpaired) electrons. The molecule has 0 fully saturated rings. The van der Waals surface area contributed by atoms with Crippen LogP contribution in [0.3, 0.4) is 0 Å². The first kappa shape index (κ1) is 30.6. The summed E-state index contributed by atoms with van der Waals surface area (Å²) in [6.07, 6.45) is 0. The minimum absolute atomic E-state index is 0.0125. The van der Waals surface area contributed by atoms with Crippen molar-refractivity contribution in [1.29, 1.82) is 0 Å². The summed E-state index contributed by atoms with van der Waals surface area (Å²) in [7, 11) is 0. The summed E-state index contributed by atoms with van der Waals surface area (Å²) in [5.41, 5.74) is 4.71. The van der Waals surface area contributed by atoms with E-state index >= 15 is 0 Å². The Morgan fingerprint density at radius 3 is 1.79 bits per heavy atom. The maximum absolute atomic E-state index is 13.1. The van der Waals surface area contributed by atoms with Crippen LogP contribution in [0, 0.1) is 27.7 Å². The van der Waals surface area contributed by atoms with E-state index in [-0.39, 0.29) is 16.7 Å². The largest absolute Gasteiger partial charge is 0.454 e. The summed E-state index contributed by atoms with van der Waals surface area (Å²) < 4.78 is 10.2. The first-order valence-electron chi connectivity index (χ1n) is 13.5. The molecule has 3 aromatic rings. The van der Waals surface area contributed by atoms with Gasteiger partial charge in [-0.25, -0.2) is 9.59 Å². The maximum Gasteiger partial charge on any atom is 0.338 e. The van der Waals surface area contributed by atoms with Crippen molar-refractivity contribution in [3.63, 3.8) is 0 Å². The number of ether oxygens (including phenoxy) is 2. The van der Waals surface area contributed by atoms with Crippen LogP contribution in [0.25, 0.3) is 0 Å². The van der Waals surface area contributed by atoms with Crippen LogP contribution in [0.1, 0.15) is 60.3 Å². The molecule has 1 atom stereocenters. The van der Waals surface area contributed by atoms with Crippen LogP contribution in [-0.4, -0.2) is 59.7 Å². The molecule has 222 valence electrons. The molecular weight excluding hydrogens is 554 g/mol. The van der Waals surface area contributed by atoms with E-state index < -0.39 is 54.8 Å². The van der Waals surface area contributed by atoms with E-state index in [1.807, 2.05) is 39.8 Å². The Hall–Kier alpha value is -5.32. The number of aryl methyl sites for hydroxylation is 2. The first-order valence-corrected chi connectivity index (χ1v) is 13.5. The molecule has 3 aromatic carbocycles. The second kappa shape index (κ2) is 12.7. The highest BCUT2D eigenvalue weighted by Crippen LogP contribution is 2.27. The third-order valence-electron chi connectivity index (χ3n) is 7.32. The van der Waals surface area contributed by atoms with Crippen LogP contribution in [0.4, 0.5) is 11.4 Å². The number of nitrogens with one attached hydrogen (secondary N) is 2. The number of benzene rings is 3. The molecule has 11 heteroatoms. The van der Waals surface area contributed by atoms with E-state index in [0.29, 0.717) is 16.3 Å². The molecule has 0 aromatic heterocycles. The van der Waals surface area contributed by atoms with Crippen molar-refractivity contribution in [2.24, 2.45) is 0 Å². The van der Waals surface area contributed by atoms with Gasteiger partial charge >= 0.3 is 11.9 Å². The Morgan fingerprint density at radius 1 is 0.721 bits per heavy atom. The van der Waals surface area contributed by atoms with Gasteiger partial charge in [0.2, 0.25) is 0 Å². The fourth-order valence-corrected chi connectivity index (χ4v) is 4.46. The summed E-state index contributed by atoms with van der Waals surface area (Å²) >= 11 is 0. The standard InChI is InChI=1S/C32H31N3O8/c1-17-8-6-10-25(19(17)3)33-27(36)15-42-31(40)21(5)35-29(38)23-13-12-22(14-24(23)30(35)39)32(41)43-16-28(37)34-26-11-7-9-18(2)20(26)4/h6-14,21H,15-16H2,1-5H3,(H,33,36)(H,34,37). The zero-order chi connectivity index (χ0) is 31.4. The Kier molecular flexibility index (Phi) is 9.03. The van der Waals surface area contributed by atoms with Gasteiger partial charge in [0.05, 0.1) is 16.7 Å². The van der Waals surface area contributed by atoms with Gasteiger partial charge < -0.3 is 20.1 Å². The van der Waals surface area contributed by atoms with E-state index in [2.05, 4.69) is 10.6 Å². The van der Waals surface area contributed by atoms with Crippen LogP contribution in [-0.2, 0) is 23.9 Å². The van der Waals surface area contributed by atoms with Gasteiger partial charge in [-0.1, -0.05) is 24.3 Å². The Bertz CT molecular complexity index is 1660. The fraction of sp³-hybridized carbons (Fsp3) is 0.250. The molecule has 1 unspecified atom stereocenters. The molecule has 4 amide bonds. The monoisotopic (exact) mass is 585 g/mol. The zero-order valence-electron chi connectivity index (χ0n) is 24.4. The SMILES string of the molecule is Cc1cccc(NC(=O)COC(=O)c2ccc3c(c2)C(=O)N(C(C)C(=O)OCC(=O)Nc2cccc(C)c2C)C3=O)c1C. The Balaban J connectivity index is 1.34. The fourth-order valence-electron chi connectivity index (χ4n) is 4.46. The number of carbonyl (C=O) groups excluding carboxylic acids is 6. The quantitative estimate of drug-likeness (QED) is 0.284.